The van der Waals surface area contributed by atoms with Crippen molar-refractivity contribution in [3.63, 3.8) is 0 Å². The van der Waals surface area contributed by atoms with Gasteiger partial charge in [0, 0.05) is 5.39 Å². The molecule has 0 unspecified atom stereocenters. The molecule has 0 aliphatic heterocycles. The van der Waals surface area contributed by atoms with Crippen LogP contribution in [0.25, 0.3) is 10.8 Å². The average molecular weight is 250 g/mol. The molecule has 0 heterocycles. The standard InChI is InChI=1S/C10H3F5O2/c11-3-1-2-4(6(13)10(3)17)5(12)7(14)8(15)9(2)16/h1,16-17H. The fourth-order valence-electron chi connectivity index (χ4n) is 1.44. The van der Waals surface area contributed by atoms with Gasteiger partial charge < -0.3 is 10.2 Å². The summed E-state index contributed by atoms with van der Waals surface area (Å²) in [6.07, 6.45) is 0. The van der Waals surface area contributed by atoms with E-state index < -0.39 is 51.4 Å². The van der Waals surface area contributed by atoms with E-state index >= 15 is 0 Å². The van der Waals surface area contributed by atoms with Crippen molar-refractivity contribution in [1.82, 2.24) is 0 Å². The molecule has 0 saturated heterocycles. The second kappa shape index (κ2) is 3.47. The van der Waals surface area contributed by atoms with Gasteiger partial charge in [-0.05, 0) is 6.07 Å². The molecule has 2 rings (SSSR count). The summed E-state index contributed by atoms with van der Waals surface area (Å²) in [7, 11) is 0. The number of halogens is 5. The van der Waals surface area contributed by atoms with Gasteiger partial charge in [0.05, 0.1) is 5.39 Å². The number of phenolic OH excluding ortho intramolecular Hbond substituents is 2. The van der Waals surface area contributed by atoms with Crippen LogP contribution < -0.4 is 0 Å². The highest BCUT2D eigenvalue weighted by Crippen LogP contribution is 2.38. The molecule has 17 heavy (non-hydrogen) atoms. The summed E-state index contributed by atoms with van der Waals surface area (Å²) in [6, 6.07) is 0.300. The smallest absolute Gasteiger partial charge is 0.204 e. The van der Waals surface area contributed by atoms with Gasteiger partial charge in [-0.1, -0.05) is 0 Å². The number of hydrogen-bond acceptors (Lipinski definition) is 2. The van der Waals surface area contributed by atoms with Crippen molar-refractivity contribution < 1.29 is 32.2 Å². The number of aromatic hydroxyl groups is 2. The van der Waals surface area contributed by atoms with E-state index in [0.717, 1.165) is 0 Å². The first-order chi connectivity index (χ1) is 7.86. The van der Waals surface area contributed by atoms with E-state index in [1.54, 1.807) is 0 Å². The maximum Gasteiger partial charge on any atom is 0.204 e. The first-order valence-corrected chi connectivity index (χ1v) is 4.22. The highest BCUT2D eigenvalue weighted by molar-refractivity contribution is 5.90. The van der Waals surface area contributed by atoms with Crippen LogP contribution in [-0.2, 0) is 0 Å². The molecular weight excluding hydrogens is 247 g/mol. The third-order valence-corrected chi connectivity index (χ3v) is 2.26. The summed E-state index contributed by atoms with van der Waals surface area (Å²) in [6.45, 7) is 0. The molecule has 0 radical (unpaired) electrons. The zero-order chi connectivity index (χ0) is 12.9. The van der Waals surface area contributed by atoms with E-state index in [1.807, 2.05) is 0 Å². The molecule has 0 fully saturated rings. The van der Waals surface area contributed by atoms with E-state index in [2.05, 4.69) is 0 Å². The molecule has 0 saturated carbocycles. The van der Waals surface area contributed by atoms with Crippen LogP contribution in [0.3, 0.4) is 0 Å². The summed E-state index contributed by atoms with van der Waals surface area (Å²) in [5, 5.41) is 15.8. The zero-order valence-electron chi connectivity index (χ0n) is 7.86. The van der Waals surface area contributed by atoms with E-state index in [9.17, 15) is 22.0 Å². The molecule has 0 bridgehead atoms. The highest BCUT2D eigenvalue weighted by atomic mass is 19.2. The highest BCUT2D eigenvalue weighted by Gasteiger charge is 2.25. The lowest BCUT2D eigenvalue weighted by Gasteiger charge is -2.08. The van der Waals surface area contributed by atoms with Crippen molar-refractivity contribution in [3.05, 3.63) is 35.2 Å². The zero-order valence-corrected chi connectivity index (χ0v) is 7.86. The summed E-state index contributed by atoms with van der Waals surface area (Å²) in [5.41, 5.74) is 0. The van der Waals surface area contributed by atoms with Gasteiger partial charge in [-0.25, -0.2) is 17.6 Å². The predicted molar refractivity (Wildman–Crippen MR) is 47.1 cm³/mol. The minimum absolute atomic E-state index is 0.300. The van der Waals surface area contributed by atoms with Gasteiger partial charge in [0.15, 0.2) is 34.8 Å². The Morgan fingerprint density at radius 2 is 1.29 bits per heavy atom. The number of phenols is 2. The van der Waals surface area contributed by atoms with Crippen LogP contribution >= 0.6 is 0 Å². The van der Waals surface area contributed by atoms with Crippen molar-refractivity contribution in [2.75, 3.05) is 0 Å². The van der Waals surface area contributed by atoms with Gasteiger partial charge >= 0.3 is 0 Å². The maximum absolute atomic E-state index is 13.3. The summed E-state index contributed by atoms with van der Waals surface area (Å²) in [4.78, 5) is 0. The number of fused-ring (bicyclic) bond motifs is 1. The van der Waals surface area contributed by atoms with Crippen LogP contribution in [0.2, 0.25) is 0 Å². The van der Waals surface area contributed by atoms with Gasteiger partial charge in [-0.15, -0.1) is 0 Å². The molecule has 0 amide bonds. The van der Waals surface area contributed by atoms with Crippen LogP contribution in [0, 0.1) is 29.1 Å². The normalized spacial score (nSPS) is 11.1. The fraction of sp³-hybridized carbons (Fsp3) is 0. The van der Waals surface area contributed by atoms with Crippen LogP contribution in [0.5, 0.6) is 11.5 Å². The summed E-state index contributed by atoms with van der Waals surface area (Å²) in [5.74, 6) is -12.3. The Morgan fingerprint density at radius 3 is 1.88 bits per heavy atom. The van der Waals surface area contributed by atoms with Crippen molar-refractivity contribution in [2.24, 2.45) is 0 Å². The first-order valence-electron chi connectivity index (χ1n) is 4.22. The Labute approximate surface area is 90.5 Å². The summed E-state index contributed by atoms with van der Waals surface area (Å²) < 4.78 is 65.2. The Balaban J connectivity index is 3.12. The molecule has 0 aliphatic rings. The van der Waals surface area contributed by atoms with E-state index in [-0.39, 0.29) is 0 Å². The minimum Gasteiger partial charge on any atom is -0.504 e. The first kappa shape index (κ1) is 11.4. The van der Waals surface area contributed by atoms with Crippen LogP contribution in [-0.4, -0.2) is 10.2 Å². The molecule has 2 nitrogen and oxygen atoms in total. The molecule has 2 aromatic carbocycles. The third-order valence-electron chi connectivity index (χ3n) is 2.26. The molecule has 0 aliphatic carbocycles. The largest absolute Gasteiger partial charge is 0.504 e. The lowest BCUT2D eigenvalue weighted by Crippen LogP contribution is -1.97. The van der Waals surface area contributed by atoms with Gasteiger partial charge in [-0.3, -0.25) is 0 Å². The van der Waals surface area contributed by atoms with Gasteiger partial charge in [-0.2, -0.15) is 4.39 Å². The topological polar surface area (TPSA) is 40.5 Å². The molecule has 2 aromatic rings. The minimum atomic E-state index is -2.11. The Hall–Kier alpha value is -2.05. The average Bonchev–Trinajstić information content (AvgIpc) is 2.30. The monoisotopic (exact) mass is 250 g/mol. The predicted octanol–water partition coefficient (Wildman–Crippen LogP) is 2.95. The number of hydrogen-bond donors (Lipinski definition) is 2. The lowest BCUT2D eigenvalue weighted by atomic mass is 10.1. The third kappa shape index (κ3) is 1.38. The molecule has 90 valence electrons. The van der Waals surface area contributed by atoms with Crippen LogP contribution in [0.1, 0.15) is 0 Å². The van der Waals surface area contributed by atoms with Crippen molar-refractivity contribution in [2.45, 2.75) is 0 Å². The molecular formula is C10H3F5O2. The lowest BCUT2D eigenvalue weighted by molar-refractivity contribution is 0.384. The number of benzene rings is 2. The Bertz CT molecular complexity index is 631. The second-order valence-electron chi connectivity index (χ2n) is 3.23. The second-order valence-corrected chi connectivity index (χ2v) is 3.23. The molecule has 0 atom stereocenters. The van der Waals surface area contributed by atoms with Crippen molar-refractivity contribution in [3.8, 4) is 11.5 Å². The van der Waals surface area contributed by atoms with E-state index in [0.29, 0.717) is 6.07 Å². The maximum atomic E-state index is 13.3. The fourth-order valence-corrected chi connectivity index (χ4v) is 1.44. The van der Waals surface area contributed by atoms with Crippen LogP contribution in [0.4, 0.5) is 22.0 Å². The molecule has 0 spiro atoms. The quantitative estimate of drug-likeness (QED) is 0.557. The summed E-state index contributed by atoms with van der Waals surface area (Å²) >= 11 is 0. The Kier molecular flexibility index (Phi) is 2.34. The van der Waals surface area contributed by atoms with Gasteiger partial charge in [0.2, 0.25) is 5.82 Å². The van der Waals surface area contributed by atoms with Gasteiger partial charge in [0.25, 0.3) is 0 Å². The SMILES string of the molecule is Oc1c(F)cc2c(O)c(F)c(F)c(F)c2c1F. The van der Waals surface area contributed by atoms with E-state index in [1.165, 1.54) is 0 Å². The van der Waals surface area contributed by atoms with Crippen LogP contribution in [0.15, 0.2) is 6.07 Å². The molecule has 7 heteroatoms. The van der Waals surface area contributed by atoms with Crippen molar-refractivity contribution >= 4 is 10.8 Å². The Morgan fingerprint density at radius 1 is 0.706 bits per heavy atom. The molecule has 0 aromatic heterocycles. The van der Waals surface area contributed by atoms with E-state index in [4.69, 9.17) is 10.2 Å². The van der Waals surface area contributed by atoms with Crippen molar-refractivity contribution in [1.29, 1.82) is 0 Å². The number of rotatable bonds is 0. The molecule has 2 N–H and O–H groups in total. The van der Waals surface area contributed by atoms with Gasteiger partial charge in [0.1, 0.15) is 0 Å².